The molecule has 1 spiro atoms. The van der Waals surface area contributed by atoms with Crippen molar-refractivity contribution in [2.45, 2.75) is 31.3 Å². The molecule has 0 radical (unpaired) electrons. The molecular weight excluding hydrogens is 430 g/mol. The van der Waals surface area contributed by atoms with E-state index in [1.54, 1.807) is 30.2 Å². The summed E-state index contributed by atoms with van der Waals surface area (Å²) in [4.78, 5) is 27.0. The van der Waals surface area contributed by atoms with Gasteiger partial charge in [-0.05, 0) is 48.7 Å². The van der Waals surface area contributed by atoms with E-state index in [9.17, 15) is 18.4 Å². The maximum atomic E-state index is 14.0. The molecule has 4 rings (SSSR count). The molecule has 176 valence electrons. The smallest absolute Gasteiger partial charge is 0.317 e. The molecule has 2 amide bonds. The molecule has 0 atom stereocenters. The number of piperidine rings is 1. The molecule has 0 saturated carbocycles. The SMILES string of the molecule is COCCNc1cc(CNC(=O)N2CCC3(CC2)CC(=O)c2cc(F)ccc2N3)ccc1F. The van der Waals surface area contributed by atoms with Crippen molar-refractivity contribution in [3.63, 3.8) is 0 Å². The highest BCUT2D eigenvalue weighted by Crippen LogP contribution is 2.37. The van der Waals surface area contributed by atoms with Gasteiger partial charge in [0.15, 0.2) is 5.78 Å². The number of ether oxygens (including phenoxy) is 1. The fraction of sp³-hybridized carbons (Fsp3) is 0.417. The number of urea groups is 1. The van der Waals surface area contributed by atoms with E-state index in [4.69, 9.17) is 4.74 Å². The predicted molar refractivity (Wildman–Crippen MR) is 122 cm³/mol. The molecule has 3 N–H and O–H groups in total. The molecule has 0 aliphatic carbocycles. The van der Waals surface area contributed by atoms with Gasteiger partial charge in [0.25, 0.3) is 0 Å². The number of halogens is 2. The van der Waals surface area contributed by atoms with Crippen molar-refractivity contribution in [1.82, 2.24) is 10.2 Å². The Balaban J connectivity index is 1.31. The Morgan fingerprint density at radius 3 is 2.73 bits per heavy atom. The third-order valence-electron chi connectivity index (χ3n) is 6.28. The van der Waals surface area contributed by atoms with Crippen molar-refractivity contribution >= 4 is 23.2 Å². The number of anilines is 2. The minimum absolute atomic E-state index is 0.0765. The first-order chi connectivity index (χ1) is 15.9. The Morgan fingerprint density at radius 1 is 1.18 bits per heavy atom. The molecule has 2 aliphatic heterocycles. The van der Waals surface area contributed by atoms with Gasteiger partial charge in [0.05, 0.1) is 12.3 Å². The summed E-state index contributed by atoms with van der Waals surface area (Å²) in [5, 5.41) is 9.28. The second-order valence-corrected chi connectivity index (χ2v) is 8.57. The van der Waals surface area contributed by atoms with Crippen LogP contribution in [0.1, 0.15) is 35.2 Å². The summed E-state index contributed by atoms with van der Waals surface area (Å²) in [6, 6.07) is 8.70. The summed E-state index contributed by atoms with van der Waals surface area (Å²) in [6.45, 7) is 2.20. The average molecular weight is 459 g/mol. The summed E-state index contributed by atoms with van der Waals surface area (Å²) >= 11 is 0. The maximum Gasteiger partial charge on any atom is 0.317 e. The molecule has 2 aromatic rings. The highest BCUT2D eigenvalue weighted by atomic mass is 19.1. The number of benzene rings is 2. The lowest BCUT2D eigenvalue weighted by atomic mass is 9.78. The minimum Gasteiger partial charge on any atom is -0.383 e. The summed E-state index contributed by atoms with van der Waals surface area (Å²) in [5.74, 6) is -0.862. The third-order valence-corrected chi connectivity index (χ3v) is 6.28. The van der Waals surface area contributed by atoms with Crippen LogP contribution in [0.3, 0.4) is 0 Å². The Morgan fingerprint density at radius 2 is 1.97 bits per heavy atom. The molecule has 9 heteroatoms. The number of likely N-dealkylation sites (tertiary alicyclic amines) is 1. The minimum atomic E-state index is -0.426. The number of hydrogen-bond acceptors (Lipinski definition) is 5. The number of amides is 2. The number of fused-ring (bicyclic) bond motifs is 1. The molecule has 1 fully saturated rings. The Bertz CT molecular complexity index is 1040. The number of hydrogen-bond donors (Lipinski definition) is 3. The first kappa shape index (κ1) is 23.0. The van der Waals surface area contributed by atoms with Crippen molar-refractivity contribution in [3.8, 4) is 0 Å². The van der Waals surface area contributed by atoms with Crippen LogP contribution in [0, 0.1) is 11.6 Å². The molecule has 0 aromatic heterocycles. The van der Waals surface area contributed by atoms with Crippen LogP contribution in [0.15, 0.2) is 36.4 Å². The van der Waals surface area contributed by atoms with Crippen molar-refractivity contribution in [2.24, 2.45) is 0 Å². The summed E-state index contributed by atoms with van der Waals surface area (Å²) in [5.41, 5.74) is 1.76. The van der Waals surface area contributed by atoms with Gasteiger partial charge < -0.3 is 25.6 Å². The number of Topliss-reactive ketones (excluding diaryl/α,β-unsaturated/α-hetero) is 1. The predicted octanol–water partition coefficient (Wildman–Crippen LogP) is 3.77. The lowest BCUT2D eigenvalue weighted by Crippen LogP contribution is -2.55. The van der Waals surface area contributed by atoms with Gasteiger partial charge in [-0.2, -0.15) is 0 Å². The van der Waals surface area contributed by atoms with E-state index in [2.05, 4.69) is 16.0 Å². The van der Waals surface area contributed by atoms with Crippen LogP contribution < -0.4 is 16.0 Å². The van der Waals surface area contributed by atoms with Gasteiger partial charge >= 0.3 is 6.03 Å². The Labute approximate surface area is 191 Å². The van der Waals surface area contributed by atoms with Gasteiger partial charge in [-0.25, -0.2) is 13.6 Å². The van der Waals surface area contributed by atoms with Gasteiger partial charge in [0.1, 0.15) is 11.6 Å². The number of carbonyl (C=O) groups excluding carboxylic acids is 2. The van der Waals surface area contributed by atoms with E-state index >= 15 is 0 Å². The van der Waals surface area contributed by atoms with Crippen LogP contribution in [0.5, 0.6) is 0 Å². The molecule has 7 nitrogen and oxygen atoms in total. The average Bonchev–Trinajstić information content (AvgIpc) is 2.80. The normalized spacial score (nSPS) is 16.8. The molecule has 0 bridgehead atoms. The number of methoxy groups -OCH3 is 1. The zero-order chi connectivity index (χ0) is 23.4. The second-order valence-electron chi connectivity index (χ2n) is 8.57. The van der Waals surface area contributed by atoms with Crippen molar-refractivity contribution in [2.75, 3.05) is 44.0 Å². The summed E-state index contributed by atoms with van der Waals surface area (Å²) < 4.78 is 32.4. The summed E-state index contributed by atoms with van der Waals surface area (Å²) in [6.07, 6.45) is 1.52. The zero-order valence-corrected chi connectivity index (χ0v) is 18.5. The van der Waals surface area contributed by atoms with E-state index < -0.39 is 11.4 Å². The fourth-order valence-electron chi connectivity index (χ4n) is 4.42. The van der Waals surface area contributed by atoms with E-state index in [0.717, 1.165) is 5.56 Å². The number of nitrogens with one attached hydrogen (secondary N) is 3. The molecule has 33 heavy (non-hydrogen) atoms. The van der Waals surface area contributed by atoms with Gasteiger partial charge in [0.2, 0.25) is 0 Å². The Kier molecular flexibility index (Phi) is 6.78. The number of ketones is 1. The topological polar surface area (TPSA) is 82.7 Å². The fourth-order valence-corrected chi connectivity index (χ4v) is 4.42. The van der Waals surface area contributed by atoms with Gasteiger partial charge in [0, 0.05) is 56.5 Å². The molecular formula is C24H28F2N4O3. The van der Waals surface area contributed by atoms with E-state index in [0.29, 0.717) is 56.0 Å². The zero-order valence-electron chi connectivity index (χ0n) is 18.5. The van der Waals surface area contributed by atoms with Crippen LogP contribution in [0.25, 0.3) is 0 Å². The molecule has 2 aliphatic rings. The quantitative estimate of drug-likeness (QED) is 0.574. The molecule has 2 heterocycles. The third kappa shape index (κ3) is 5.24. The van der Waals surface area contributed by atoms with Crippen LogP contribution >= 0.6 is 0 Å². The highest BCUT2D eigenvalue weighted by molar-refractivity contribution is 6.04. The number of carbonyl (C=O) groups is 2. The van der Waals surface area contributed by atoms with E-state index in [1.165, 1.54) is 18.2 Å². The van der Waals surface area contributed by atoms with Gasteiger partial charge in [-0.15, -0.1) is 0 Å². The molecule has 0 unspecified atom stereocenters. The van der Waals surface area contributed by atoms with Gasteiger partial charge in [-0.1, -0.05) is 6.07 Å². The lowest BCUT2D eigenvalue weighted by molar-refractivity contribution is 0.0915. The van der Waals surface area contributed by atoms with Crippen molar-refractivity contribution in [1.29, 1.82) is 0 Å². The monoisotopic (exact) mass is 458 g/mol. The summed E-state index contributed by atoms with van der Waals surface area (Å²) in [7, 11) is 1.58. The molecule has 1 saturated heterocycles. The maximum absolute atomic E-state index is 14.0. The lowest BCUT2D eigenvalue weighted by Gasteiger charge is -2.45. The molecule has 2 aromatic carbocycles. The largest absolute Gasteiger partial charge is 0.383 e. The van der Waals surface area contributed by atoms with Crippen molar-refractivity contribution in [3.05, 3.63) is 59.2 Å². The van der Waals surface area contributed by atoms with Crippen LogP contribution in [-0.4, -0.2) is 55.6 Å². The van der Waals surface area contributed by atoms with Crippen molar-refractivity contribution < 1.29 is 23.1 Å². The number of nitrogens with zero attached hydrogens (tertiary/aromatic N) is 1. The van der Waals surface area contributed by atoms with Gasteiger partial charge in [-0.3, -0.25) is 4.79 Å². The van der Waals surface area contributed by atoms with Crippen LogP contribution in [-0.2, 0) is 11.3 Å². The standard InChI is InChI=1S/C24H28F2N4O3/c1-33-11-8-27-21-12-16(2-4-19(21)26)15-28-23(32)30-9-6-24(7-10-30)14-22(31)18-13-17(25)3-5-20(18)29-24/h2-5,12-13,27,29H,6-11,14-15H2,1H3,(H,28,32). The highest BCUT2D eigenvalue weighted by Gasteiger charge is 2.41. The van der Waals surface area contributed by atoms with E-state index in [1.807, 2.05) is 0 Å². The first-order valence-electron chi connectivity index (χ1n) is 11.0. The first-order valence-corrected chi connectivity index (χ1v) is 11.0. The van der Waals surface area contributed by atoms with E-state index in [-0.39, 0.29) is 30.6 Å². The Hall–Kier alpha value is -3.20. The second kappa shape index (κ2) is 9.74. The van der Waals surface area contributed by atoms with Crippen LogP contribution in [0.2, 0.25) is 0 Å². The number of rotatable bonds is 6. The van der Waals surface area contributed by atoms with Crippen LogP contribution in [0.4, 0.5) is 25.0 Å².